The van der Waals surface area contributed by atoms with Crippen LogP contribution in [0.15, 0.2) is 0 Å². The maximum atomic E-state index is 2.50. The van der Waals surface area contributed by atoms with Crippen molar-refractivity contribution in [2.75, 3.05) is 6.16 Å². The Morgan fingerprint density at radius 2 is 0.947 bits per heavy atom. The van der Waals surface area contributed by atoms with Crippen molar-refractivity contribution in [3.63, 3.8) is 0 Å². The molecule has 0 nitrogen and oxygen atoms in total. The molecule has 0 fully saturated rings. The molecule has 0 aromatic rings. The van der Waals surface area contributed by atoms with Gasteiger partial charge >= 0.3 is 0 Å². The molecule has 0 spiro atoms. The summed E-state index contributed by atoms with van der Waals surface area (Å²) < 4.78 is 0. The zero-order chi connectivity index (χ0) is 15.5. The molecule has 0 radical (unpaired) electrons. The summed E-state index contributed by atoms with van der Waals surface area (Å²) in [4.78, 5) is 0. The van der Waals surface area contributed by atoms with Crippen LogP contribution in [0.4, 0.5) is 0 Å². The van der Waals surface area contributed by atoms with Crippen molar-refractivity contribution in [1.29, 1.82) is 0 Å². The molecular formula is C18H40P+. The average Bonchev–Trinajstić information content (AvgIpc) is 2.10. The lowest BCUT2D eigenvalue weighted by Crippen LogP contribution is -2.45. The smallest absolute Gasteiger partial charge is 0.0654 e. The Labute approximate surface area is 124 Å². The minimum Gasteiger partial charge on any atom is -0.0654 e. The molecular weight excluding hydrogens is 247 g/mol. The Morgan fingerprint density at radius 3 is 1.21 bits per heavy atom. The van der Waals surface area contributed by atoms with E-state index in [2.05, 4.69) is 69.2 Å². The first-order valence-electron chi connectivity index (χ1n) is 8.19. The van der Waals surface area contributed by atoms with Crippen molar-refractivity contribution in [1.82, 2.24) is 0 Å². The molecule has 0 aliphatic rings. The van der Waals surface area contributed by atoms with E-state index in [1.54, 1.807) is 0 Å². The Hall–Kier alpha value is 0.430. The van der Waals surface area contributed by atoms with E-state index in [9.17, 15) is 0 Å². The quantitative estimate of drug-likeness (QED) is 0.378. The van der Waals surface area contributed by atoms with Gasteiger partial charge in [0, 0.05) is 7.26 Å². The first-order valence-corrected chi connectivity index (χ1v) is 10.2. The summed E-state index contributed by atoms with van der Waals surface area (Å²) in [6, 6.07) is 0. The van der Waals surface area contributed by atoms with Gasteiger partial charge in [-0.3, -0.25) is 0 Å². The van der Waals surface area contributed by atoms with Crippen molar-refractivity contribution < 1.29 is 0 Å². The molecule has 0 rings (SSSR count). The fraction of sp³-hybridized carbons (Fsp3) is 1.00. The molecule has 0 unspecified atom stereocenters. The van der Waals surface area contributed by atoms with Crippen LogP contribution >= 0.6 is 7.26 Å². The molecule has 0 saturated carbocycles. The van der Waals surface area contributed by atoms with Gasteiger partial charge in [-0.2, -0.15) is 0 Å². The molecule has 0 N–H and O–H groups in total. The number of unbranched alkanes of at least 4 members (excludes halogenated alkanes) is 3. The van der Waals surface area contributed by atoms with Crippen LogP contribution in [0.5, 0.6) is 0 Å². The molecule has 0 aliphatic carbocycles. The van der Waals surface area contributed by atoms with Crippen LogP contribution in [0, 0.1) is 0 Å². The van der Waals surface area contributed by atoms with Gasteiger partial charge in [0.15, 0.2) is 0 Å². The van der Waals surface area contributed by atoms with Crippen molar-refractivity contribution in [2.45, 2.75) is 110 Å². The summed E-state index contributed by atoms with van der Waals surface area (Å²) in [5.74, 6) is 0. The van der Waals surface area contributed by atoms with Gasteiger partial charge in [-0.05, 0) is 75.2 Å². The third-order valence-corrected chi connectivity index (χ3v) is 12.6. The van der Waals surface area contributed by atoms with Gasteiger partial charge in [0.25, 0.3) is 0 Å². The zero-order valence-electron chi connectivity index (χ0n) is 15.5. The highest BCUT2D eigenvalue weighted by Gasteiger charge is 2.63. The average molecular weight is 287 g/mol. The highest BCUT2D eigenvalue weighted by Crippen LogP contribution is 2.83. The van der Waals surface area contributed by atoms with Crippen LogP contribution in [0.25, 0.3) is 0 Å². The lowest BCUT2D eigenvalue weighted by Gasteiger charge is -2.54. The SMILES string of the molecule is CCCCCC[P+](C(C)(C)C)(C(C)(C)C)C(C)(C)C. The van der Waals surface area contributed by atoms with E-state index in [1.807, 2.05) is 0 Å². The molecule has 0 aliphatic heterocycles. The van der Waals surface area contributed by atoms with Crippen LogP contribution in [-0.4, -0.2) is 21.6 Å². The molecule has 0 amide bonds. The lowest BCUT2D eigenvalue weighted by molar-refractivity contribution is 0.602. The van der Waals surface area contributed by atoms with Crippen LogP contribution in [0.3, 0.4) is 0 Å². The molecule has 0 atom stereocenters. The second-order valence-electron chi connectivity index (χ2n) is 9.11. The fourth-order valence-electron chi connectivity index (χ4n) is 4.80. The number of hydrogen-bond donors (Lipinski definition) is 0. The lowest BCUT2D eigenvalue weighted by atomic mass is 10.2. The Morgan fingerprint density at radius 1 is 0.579 bits per heavy atom. The van der Waals surface area contributed by atoms with Crippen LogP contribution in [-0.2, 0) is 0 Å². The van der Waals surface area contributed by atoms with E-state index in [4.69, 9.17) is 0 Å². The highest BCUT2D eigenvalue weighted by atomic mass is 31.2. The topological polar surface area (TPSA) is 0 Å². The zero-order valence-corrected chi connectivity index (χ0v) is 16.4. The van der Waals surface area contributed by atoms with Crippen LogP contribution < -0.4 is 0 Å². The Bertz CT molecular complexity index is 221. The maximum Gasteiger partial charge on any atom is 0.0725 e. The predicted molar refractivity (Wildman–Crippen MR) is 95.2 cm³/mol. The predicted octanol–water partition coefficient (Wildman–Crippen LogP) is 6.98. The Kier molecular flexibility index (Phi) is 6.61. The first-order chi connectivity index (χ1) is 8.31. The minimum absolute atomic E-state index is 0.440. The summed E-state index contributed by atoms with van der Waals surface area (Å²) in [7, 11) is -1.09. The highest BCUT2D eigenvalue weighted by molar-refractivity contribution is 7.80. The number of rotatable bonds is 5. The van der Waals surface area contributed by atoms with Crippen molar-refractivity contribution in [3.8, 4) is 0 Å². The van der Waals surface area contributed by atoms with Gasteiger partial charge in [-0.1, -0.05) is 19.8 Å². The van der Waals surface area contributed by atoms with E-state index in [0.29, 0.717) is 15.5 Å². The second kappa shape index (κ2) is 6.46. The largest absolute Gasteiger partial charge is 0.0725 e. The molecule has 0 aromatic carbocycles. The fourth-order valence-corrected chi connectivity index (χ4v) is 13.5. The van der Waals surface area contributed by atoms with E-state index in [0.717, 1.165) is 0 Å². The van der Waals surface area contributed by atoms with Crippen LogP contribution in [0.2, 0.25) is 0 Å². The van der Waals surface area contributed by atoms with Gasteiger partial charge in [0.1, 0.15) is 0 Å². The summed E-state index contributed by atoms with van der Waals surface area (Å²) in [6.07, 6.45) is 7.04. The number of hydrogen-bond acceptors (Lipinski definition) is 0. The van der Waals surface area contributed by atoms with E-state index in [-0.39, 0.29) is 0 Å². The summed E-state index contributed by atoms with van der Waals surface area (Å²) >= 11 is 0. The minimum atomic E-state index is -1.09. The van der Waals surface area contributed by atoms with Gasteiger partial charge < -0.3 is 0 Å². The standard InChI is InChI=1S/C18H40P/c1-11-12-13-14-15-19(16(2,3)4,17(5,6)7)18(8,9)10/h11-15H2,1-10H3/q+1. The summed E-state index contributed by atoms with van der Waals surface area (Å²) in [6.45, 7) is 24.8. The third kappa shape index (κ3) is 4.20. The molecule has 19 heavy (non-hydrogen) atoms. The van der Waals surface area contributed by atoms with Gasteiger partial charge in [-0.15, -0.1) is 0 Å². The summed E-state index contributed by atoms with van der Waals surface area (Å²) in [5, 5.41) is 1.32. The monoisotopic (exact) mass is 287 g/mol. The van der Waals surface area contributed by atoms with Gasteiger partial charge in [0.05, 0.1) is 21.6 Å². The Balaban J connectivity index is 5.44. The van der Waals surface area contributed by atoms with E-state index >= 15 is 0 Å². The van der Waals surface area contributed by atoms with Crippen molar-refractivity contribution in [2.24, 2.45) is 0 Å². The third-order valence-electron chi connectivity index (χ3n) is 4.78. The van der Waals surface area contributed by atoms with Crippen molar-refractivity contribution >= 4 is 7.26 Å². The normalized spacial score (nSPS) is 14.8. The van der Waals surface area contributed by atoms with Crippen molar-refractivity contribution in [3.05, 3.63) is 0 Å². The molecule has 0 aromatic heterocycles. The summed E-state index contributed by atoms with van der Waals surface area (Å²) in [5.41, 5.74) is 0. The maximum absolute atomic E-state index is 2.50. The van der Waals surface area contributed by atoms with E-state index in [1.165, 1.54) is 31.8 Å². The molecule has 0 saturated heterocycles. The molecule has 116 valence electrons. The van der Waals surface area contributed by atoms with Gasteiger partial charge in [0.2, 0.25) is 0 Å². The second-order valence-corrected chi connectivity index (χ2v) is 15.2. The first kappa shape index (κ1) is 19.4. The van der Waals surface area contributed by atoms with Crippen LogP contribution in [0.1, 0.15) is 94.9 Å². The molecule has 0 bridgehead atoms. The molecule has 0 heterocycles. The molecule has 1 heteroatoms. The van der Waals surface area contributed by atoms with Gasteiger partial charge in [-0.25, -0.2) is 0 Å². The van der Waals surface area contributed by atoms with E-state index < -0.39 is 7.26 Å².